The Morgan fingerprint density at radius 2 is 2.07 bits per heavy atom. The summed E-state index contributed by atoms with van der Waals surface area (Å²) in [5, 5.41) is 8.86. The van der Waals surface area contributed by atoms with Crippen LogP contribution in [0, 0.1) is 0 Å². The van der Waals surface area contributed by atoms with Crippen LogP contribution in [0.5, 0.6) is 0 Å². The number of nitrogens with zero attached hydrogens (tertiary/aromatic N) is 2. The van der Waals surface area contributed by atoms with Gasteiger partial charge in [-0.2, -0.15) is 0 Å². The molecule has 1 heterocycles. The van der Waals surface area contributed by atoms with Gasteiger partial charge in [-0.15, -0.1) is 10.2 Å². The average molecular weight is 208 g/mol. The molecule has 2 aromatic rings. The van der Waals surface area contributed by atoms with Crippen LogP contribution in [-0.2, 0) is 0 Å². The van der Waals surface area contributed by atoms with Gasteiger partial charge in [-0.05, 0) is 18.2 Å². The highest BCUT2D eigenvalue weighted by Gasteiger charge is 2.04. The zero-order chi connectivity index (χ0) is 10.1. The fraction of sp³-hybridized carbons (Fsp3) is 0. The first-order valence-electron chi connectivity index (χ1n) is 3.89. The van der Waals surface area contributed by atoms with Gasteiger partial charge in [-0.3, -0.25) is 4.79 Å². The van der Waals surface area contributed by atoms with Crippen molar-refractivity contribution in [3.05, 3.63) is 35.0 Å². The van der Waals surface area contributed by atoms with Crippen molar-refractivity contribution in [3.63, 3.8) is 0 Å². The standard InChI is InChI=1S/C9H6ClN3O/c10-6-2-1-5-3-8(9(11)14)13-12-7(5)4-6/h1-4H,(H2,11,14). The number of fused-ring (bicyclic) bond motifs is 1. The van der Waals surface area contributed by atoms with Gasteiger partial charge in [0, 0.05) is 10.4 Å². The van der Waals surface area contributed by atoms with Gasteiger partial charge in [-0.1, -0.05) is 17.7 Å². The molecule has 0 atom stereocenters. The minimum atomic E-state index is -0.589. The molecule has 0 aliphatic carbocycles. The molecule has 0 bridgehead atoms. The monoisotopic (exact) mass is 207 g/mol. The fourth-order valence-electron chi connectivity index (χ4n) is 1.13. The van der Waals surface area contributed by atoms with E-state index in [1.807, 2.05) is 0 Å². The van der Waals surface area contributed by atoms with Gasteiger partial charge in [0.15, 0.2) is 5.69 Å². The SMILES string of the molecule is NC(=O)c1cc2ccc(Cl)cc2nn1. The molecule has 2 N–H and O–H groups in total. The van der Waals surface area contributed by atoms with E-state index in [9.17, 15) is 4.79 Å². The van der Waals surface area contributed by atoms with Gasteiger partial charge < -0.3 is 5.73 Å². The summed E-state index contributed by atoms with van der Waals surface area (Å²) in [5.41, 5.74) is 5.86. The highest BCUT2D eigenvalue weighted by Crippen LogP contribution is 2.16. The number of halogens is 1. The molecule has 0 aliphatic rings. The van der Waals surface area contributed by atoms with Crippen molar-refractivity contribution in [2.75, 3.05) is 0 Å². The van der Waals surface area contributed by atoms with Crippen LogP contribution >= 0.6 is 11.6 Å². The summed E-state index contributed by atoms with van der Waals surface area (Å²) >= 11 is 5.76. The van der Waals surface area contributed by atoms with E-state index in [0.717, 1.165) is 5.39 Å². The molecule has 0 spiro atoms. The number of amides is 1. The van der Waals surface area contributed by atoms with E-state index in [4.69, 9.17) is 17.3 Å². The van der Waals surface area contributed by atoms with Gasteiger partial charge in [0.2, 0.25) is 0 Å². The van der Waals surface area contributed by atoms with Crippen molar-refractivity contribution in [1.82, 2.24) is 10.2 Å². The molecule has 0 aliphatic heterocycles. The van der Waals surface area contributed by atoms with E-state index in [2.05, 4.69) is 10.2 Å². The molecule has 0 saturated heterocycles. The first kappa shape index (κ1) is 8.90. The third-order valence-corrected chi connectivity index (χ3v) is 2.04. The summed E-state index contributed by atoms with van der Waals surface area (Å²) in [7, 11) is 0. The molecule has 70 valence electrons. The summed E-state index contributed by atoms with van der Waals surface area (Å²) in [6, 6.07) is 6.74. The lowest BCUT2D eigenvalue weighted by molar-refractivity contribution is 0.0995. The smallest absolute Gasteiger partial charge is 0.269 e. The Kier molecular flexibility index (Phi) is 2.05. The maximum atomic E-state index is 10.8. The fourth-order valence-corrected chi connectivity index (χ4v) is 1.30. The predicted molar refractivity (Wildman–Crippen MR) is 53.1 cm³/mol. The summed E-state index contributed by atoms with van der Waals surface area (Å²) in [5.74, 6) is -0.589. The summed E-state index contributed by atoms with van der Waals surface area (Å²) in [4.78, 5) is 10.8. The van der Waals surface area contributed by atoms with Crippen molar-refractivity contribution < 1.29 is 4.79 Å². The number of primary amides is 1. The molecular formula is C9H6ClN3O. The lowest BCUT2D eigenvalue weighted by atomic mass is 10.2. The molecule has 1 amide bonds. The number of carbonyl (C=O) groups is 1. The number of nitrogens with two attached hydrogens (primary N) is 1. The number of carbonyl (C=O) groups excluding carboxylic acids is 1. The van der Waals surface area contributed by atoms with Crippen LogP contribution in [0.15, 0.2) is 24.3 Å². The van der Waals surface area contributed by atoms with Crippen molar-refractivity contribution in [2.45, 2.75) is 0 Å². The van der Waals surface area contributed by atoms with Crippen LogP contribution in [0.3, 0.4) is 0 Å². The molecule has 0 saturated carbocycles. The number of hydrogen-bond donors (Lipinski definition) is 1. The van der Waals surface area contributed by atoms with Crippen molar-refractivity contribution in [2.24, 2.45) is 5.73 Å². The minimum Gasteiger partial charge on any atom is -0.364 e. The molecule has 4 nitrogen and oxygen atoms in total. The molecule has 1 aromatic heterocycles. The van der Waals surface area contributed by atoms with E-state index in [0.29, 0.717) is 10.5 Å². The zero-order valence-electron chi connectivity index (χ0n) is 7.07. The second-order valence-electron chi connectivity index (χ2n) is 2.80. The van der Waals surface area contributed by atoms with E-state index < -0.39 is 5.91 Å². The second kappa shape index (κ2) is 3.23. The van der Waals surface area contributed by atoms with Crippen molar-refractivity contribution >= 4 is 28.4 Å². The van der Waals surface area contributed by atoms with E-state index in [1.54, 1.807) is 24.3 Å². The Morgan fingerprint density at radius 3 is 2.79 bits per heavy atom. The van der Waals surface area contributed by atoms with Gasteiger partial charge in [0.05, 0.1) is 5.52 Å². The molecule has 1 aromatic carbocycles. The van der Waals surface area contributed by atoms with Crippen LogP contribution in [0.2, 0.25) is 5.02 Å². The topological polar surface area (TPSA) is 68.9 Å². The van der Waals surface area contributed by atoms with Crippen molar-refractivity contribution in [1.29, 1.82) is 0 Å². The number of benzene rings is 1. The molecule has 0 radical (unpaired) electrons. The second-order valence-corrected chi connectivity index (χ2v) is 3.23. The molecular weight excluding hydrogens is 202 g/mol. The molecule has 14 heavy (non-hydrogen) atoms. The Morgan fingerprint density at radius 1 is 1.29 bits per heavy atom. The Balaban J connectivity index is 2.67. The van der Waals surface area contributed by atoms with E-state index in [1.165, 1.54) is 0 Å². The summed E-state index contributed by atoms with van der Waals surface area (Å²) in [6.45, 7) is 0. The van der Waals surface area contributed by atoms with Gasteiger partial charge in [0.1, 0.15) is 0 Å². The third kappa shape index (κ3) is 1.52. The van der Waals surface area contributed by atoms with Gasteiger partial charge in [0.25, 0.3) is 5.91 Å². The molecule has 0 fully saturated rings. The summed E-state index contributed by atoms with van der Waals surface area (Å²) < 4.78 is 0. The average Bonchev–Trinajstić information content (AvgIpc) is 2.16. The maximum absolute atomic E-state index is 10.8. The predicted octanol–water partition coefficient (Wildman–Crippen LogP) is 1.38. The largest absolute Gasteiger partial charge is 0.364 e. The Hall–Kier alpha value is -1.68. The van der Waals surface area contributed by atoms with E-state index >= 15 is 0 Å². The van der Waals surface area contributed by atoms with E-state index in [-0.39, 0.29) is 5.69 Å². The number of aromatic nitrogens is 2. The van der Waals surface area contributed by atoms with Gasteiger partial charge >= 0.3 is 0 Å². The van der Waals surface area contributed by atoms with Crippen LogP contribution in [0.4, 0.5) is 0 Å². The third-order valence-electron chi connectivity index (χ3n) is 1.80. The van der Waals surface area contributed by atoms with Gasteiger partial charge in [-0.25, -0.2) is 0 Å². The Labute approximate surface area is 84.7 Å². The maximum Gasteiger partial charge on any atom is 0.269 e. The van der Waals surface area contributed by atoms with Crippen molar-refractivity contribution in [3.8, 4) is 0 Å². The van der Waals surface area contributed by atoms with Crippen LogP contribution in [0.25, 0.3) is 10.9 Å². The lowest BCUT2D eigenvalue weighted by Gasteiger charge is -1.98. The number of hydrogen-bond acceptors (Lipinski definition) is 3. The quantitative estimate of drug-likeness (QED) is 0.768. The van der Waals surface area contributed by atoms with Crippen LogP contribution in [-0.4, -0.2) is 16.1 Å². The minimum absolute atomic E-state index is 0.153. The highest BCUT2D eigenvalue weighted by molar-refractivity contribution is 6.31. The molecule has 2 rings (SSSR count). The van der Waals surface area contributed by atoms with Crippen LogP contribution < -0.4 is 5.73 Å². The molecule has 0 unspecified atom stereocenters. The first-order chi connectivity index (χ1) is 6.66. The van der Waals surface area contributed by atoms with Crippen LogP contribution in [0.1, 0.15) is 10.5 Å². The molecule has 5 heteroatoms. The first-order valence-corrected chi connectivity index (χ1v) is 4.27. The zero-order valence-corrected chi connectivity index (χ0v) is 7.82. The highest BCUT2D eigenvalue weighted by atomic mass is 35.5. The number of rotatable bonds is 1. The Bertz CT molecular complexity index is 512. The normalized spacial score (nSPS) is 10.4. The lowest BCUT2D eigenvalue weighted by Crippen LogP contribution is -2.13. The summed E-state index contributed by atoms with van der Waals surface area (Å²) in [6.07, 6.45) is 0.